The molecule has 0 aliphatic heterocycles. The van der Waals surface area contributed by atoms with Gasteiger partial charge in [0.1, 0.15) is 12.4 Å². The van der Waals surface area contributed by atoms with Gasteiger partial charge in [-0.05, 0) is 25.1 Å². The van der Waals surface area contributed by atoms with E-state index in [1.165, 1.54) is 11.8 Å². The lowest BCUT2D eigenvalue weighted by Crippen LogP contribution is -2.07. The Hall–Kier alpha value is -3.04. The van der Waals surface area contributed by atoms with Crippen molar-refractivity contribution in [3.05, 3.63) is 82.7 Å². The Morgan fingerprint density at radius 1 is 1.23 bits per heavy atom. The molecule has 3 rings (SSSR count). The normalized spacial score (nSPS) is 10.3. The molecule has 0 atom stereocenters. The third-order valence-electron chi connectivity index (χ3n) is 3.66. The molecule has 5 nitrogen and oxygen atoms in total. The lowest BCUT2D eigenvalue weighted by Gasteiger charge is -2.09. The summed E-state index contributed by atoms with van der Waals surface area (Å²) in [6.45, 7) is 1.90. The molecule has 0 bridgehead atoms. The van der Waals surface area contributed by atoms with E-state index in [1.807, 2.05) is 31.2 Å². The number of thioether (sulfide) groups is 1. The van der Waals surface area contributed by atoms with Crippen LogP contribution in [0.4, 0.5) is 0 Å². The molecule has 1 aromatic heterocycles. The van der Waals surface area contributed by atoms with Gasteiger partial charge in [-0.3, -0.25) is 0 Å². The summed E-state index contributed by atoms with van der Waals surface area (Å²) in [5.41, 5.74) is 2.50. The second-order valence-corrected chi connectivity index (χ2v) is 6.58. The molecule has 0 radical (unpaired) electrons. The van der Waals surface area contributed by atoms with E-state index < -0.39 is 5.97 Å². The molecular weight excluding hydrogens is 348 g/mol. The van der Waals surface area contributed by atoms with Gasteiger partial charge in [0.15, 0.2) is 0 Å². The summed E-state index contributed by atoms with van der Waals surface area (Å²) >= 11 is 1.50. The molecule has 1 heterocycles. The van der Waals surface area contributed by atoms with Crippen molar-refractivity contribution < 1.29 is 14.1 Å². The first-order chi connectivity index (χ1) is 12.7. The molecule has 2 aromatic carbocycles. The molecular formula is C20H16N2O3S. The zero-order chi connectivity index (χ0) is 18.4. The fourth-order valence-corrected chi connectivity index (χ4v) is 3.30. The predicted molar refractivity (Wildman–Crippen MR) is 97.5 cm³/mol. The van der Waals surface area contributed by atoms with E-state index in [2.05, 4.69) is 11.2 Å². The average molecular weight is 364 g/mol. The van der Waals surface area contributed by atoms with Crippen molar-refractivity contribution >= 4 is 17.7 Å². The highest BCUT2D eigenvalue weighted by Crippen LogP contribution is 2.27. The van der Waals surface area contributed by atoms with Crippen LogP contribution in [0.25, 0.3) is 0 Å². The molecule has 0 amide bonds. The maximum absolute atomic E-state index is 12.5. The minimum Gasteiger partial charge on any atom is -0.457 e. The van der Waals surface area contributed by atoms with Gasteiger partial charge in [-0.1, -0.05) is 35.5 Å². The number of carbonyl (C=O) groups is 1. The van der Waals surface area contributed by atoms with E-state index in [1.54, 1.807) is 30.3 Å². The predicted octanol–water partition coefficient (Wildman–Crippen LogP) is 4.50. The lowest BCUT2D eigenvalue weighted by molar-refractivity contribution is 0.0468. The summed E-state index contributed by atoms with van der Waals surface area (Å²) in [5, 5.41) is 13.1. The second kappa shape index (κ2) is 8.37. The zero-order valence-corrected chi connectivity index (χ0v) is 15.0. The van der Waals surface area contributed by atoms with Crippen LogP contribution in [0.5, 0.6) is 0 Å². The first-order valence-electron chi connectivity index (χ1n) is 7.96. The third-order valence-corrected chi connectivity index (χ3v) is 4.76. The van der Waals surface area contributed by atoms with Crippen LogP contribution in [0.15, 0.2) is 64.0 Å². The van der Waals surface area contributed by atoms with Crippen molar-refractivity contribution in [3.8, 4) is 6.07 Å². The number of benzene rings is 2. The van der Waals surface area contributed by atoms with E-state index in [-0.39, 0.29) is 6.61 Å². The Kier molecular flexibility index (Phi) is 5.72. The van der Waals surface area contributed by atoms with Crippen LogP contribution >= 0.6 is 11.8 Å². The van der Waals surface area contributed by atoms with Gasteiger partial charge >= 0.3 is 5.97 Å². The van der Waals surface area contributed by atoms with Crippen molar-refractivity contribution in [3.63, 3.8) is 0 Å². The van der Waals surface area contributed by atoms with E-state index in [0.29, 0.717) is 22.4 Å². The fourth-order valence-electron chi connectivity index (χ4n) is 2.38. The highest BCUT2D eigenvalue weighted by Gasteiger charge is 2.14. The number of rotatable bonds is 6. The standard InChI is InChI=1S/C20H16N2O3S/c1-14-10-17(22-25-14)13-26-19-9-5-4-8-18(19)20(23)24-12-16-7-3-2-6-15(16)11-21/h2-10H,12-13H2,1H3. The van der Waals surface area contributed by atoms with Crippen LogP contribution in [0.2, 0.25) is 0 Å². The first-order valence-corrected chi connectivity index (χ1v) is 8.95. The molecule has 0 saturated heterocycles. The minimum atomic E-state index is -0.419. The molecule has 130 valence electrons. The van der Waals surface area contributed by atoms with Crippen LogP contribution in [0.3, 0.4) is 0 Å². The van der Waals surface area contributed by atoms with Gasteiger partial charge < -0.3 is 9.26 Å². The monoisotopic (exact) mass is 364 g/mol. The zero-order valence-electron chi connectivity index (χ0n) is 14.1. The highest BCUT2D eigenvalue weighted by atomic mass is 32.2. The van der Waals surface area contributed by atoms with E-state index >= 15 is 0 Å². The van der Waals surface area contributed by atoms with Gasteiger partial charge in [-0.15, -0.1) is 11.8 Å². The van der Waals surface area contributed by atoms with E-state index in [9.17, 15) is 4.79 Å². The lowest BCUT2D eigenvalue weighted by atomic mass is 10.1. The number of aromatic nitrogens is 1. The molecule has 6 heteroatoms. The number of carbonyl (C=O) groups excluding carboxylic acids is 1. The smallest absolute Gasteiger partial charge is 0.339 e. The van der Waals surface area contributed by atoms with E-state index in [4.69, 9.17) is 14.5 Å². The Balaban J connectivity index is 1.68. The molecule has 3 aromatic rings. The molecule has 26 heavy (non-hydrogen) atoms. The Bertz CT molecular complexity index is 959. The van der Waals surface area contributed by atoms with Gasteiger partial charge in [-0.2, -0.15) is 5.26 Å². The number of nitrogens with zero attached hydrogens (tertiary/aromatic N) is 2. The summed E-state index contributed by atoms with van der Waals surface area (Å²) < 4.78 is 10.5. The maximum Gasteiger partial charge on any atom is 0.339 e. The first kappa shape index (κ1) is 17.8. The van der Waals surface area contributed by atoms with E-state index in [0.717, 1.165) is 16.3 Å². The quantitative estimate of drug-likeness (QED) is 0.473. The molecule has 0 aliphatic carbocycles. The SMILES string of the molecule is Cc1cc(CSc2ccccc2C(=O)OCc2ccccc2C#N)no1. The number of aryl methyl sites for hydroxylation is 1. The molecule has 0 unspecified atom stereocenters. The van der Waals surface area contributed by atoms with Crippen LogP contribution in [0, 0.1) is 18.3 Å². The highest BCUT2D eigenvalue weighted by molar-refractivity contribution is 7.98. The Morgan fingerprint density at radius 3 is 2.77 bits per heavy atom. The number of hydrogen-bond acceptors (Lipinski definition) is 6. The molecule has 0 saturated carbocycles. The number of nitriles is 1. The van der Waals surface area contributed by atoms with Crippen LogP contribution in [-0.4, -0.2) is 11.1 Å². The van der Waals surface area contributed by atoms with Gasteiger partial charge in [0, 0.05) is 22.3 Å². The van der Waals surface area contributed by atoms with Gasteiger partial charge in [0.05, 0.1) is 22.9 Å². The molecule has 0 spiro atoms. The largest absolute Gasteiger partial charge is 0.457 e. The Labute approximate surface area is 155 Å². The van der Waals surface area contributed by atoms with Crippen molar-refractivity contribution in [2.45, 2.75) is 24.2 Å². The topological polar surface area (TPSA) is 76.1 Å². The number of esters is 1. The van der Waals surface area contributed by atoms with Crippen LogP contribution in [-0.2, 0) is 17.1 Å². The number of hydrogen-bond donors (Lipinski definition) is 0. The second-order valence-electron chi connectivity index (χ2n) is 5.56. The van der Waals surface area contributed by atoms with Crippen molar-refractivity contribution in [2.75, 3.05) is 0 Å². The van der Waals surface area contributed by atoms with Crippen LogP contribution < -0.4 is 0 Å². The number of ether oxygens (including phenoxy) is 1. The van der Waals surface area contributed by atoms with Gasteiger partial charge in [-0.25, -0.2) is 4.79 Å². The molecule has 0 fully saturated rings. The maximum atomic E-state index is 12.5. The van der Waals surface area contributed by atoms with Gasteiger partial charge in [0.25, 0.3) is 0 Å². The van der Waals surface area contributed by atoms with Crippen molar-refractivity contribution in [2.24, 2.45) is 0 Å². The third kappa shape index (κ3) is 4.32. The summed E-state index contributed by atoms with van der Waals surface area (Å²) in [7, 11) is 0. The Morgan fingerprint density at radius 2 is 2.00 bits per heavy atom. The fraction of sp³-hybridized carbons (Fsp3) is 0.150. The summed E-state index contributed by atoms with van der Waals surface area (Å²) in [6, 6.07) is 18.3. The van der Waals surface area contributed by atoms with Crippen molar-refractivity contribution in [1.82, 2.24) is 5.16 Å². The molecule has 0 aliphatic rings. The summed E-state index contributed by atoms with van der Waals surface area (Å²) in [4.78, 5) is 13.3. The molecule has 0 N–H and O–H groups in total. The summed E-state index contributed by atoms with van der Waals surface area (Å²) in [5.74, 6) is 0.931. The summed E-state index contributed by atoms with van der Waals surface area (Å²) in [6.07, 6.45) is 0. The minimum absolute atomic E-state index is 0.0596. The average Bonchev–Trinajstić information content (AvgIpc) is 3.10. The van der Waals surface area contributed by atoms with Crippen molar-refractivity contribution in [1.29, 1.82) is 5.26 Å². The van der Waals surface area contributed by atoms with Gasteiger partial charge in [0.2, 0.25) is 0 Å². The van der Waals surface area contributed by atoms with Crippen LogP contribution in [0.1, 0.15) is 32.9 Å².